The van der Waals surface area contributed by atoms with Gasteiger partial charge in [0.15, 0.2) is 5.78 Å². The fourth-order valence-corrected chi connectivity index (χ4v) is 4.63. The molecule has 0 bridgehead atoms. The average molecular weight is 450 g/mol. The lowest BCUT2D eigenvalue weighted by atomic mass is 9.88. The molecule has 0 spiro atoms. The van der Waals surface area contributed by atoms with E-state index in [2.05, 4.69) is 0 Å². The molecule has 0 radical (unpaired) electrons. The maximum absolute atomic E-state index is 13.7. The number of aromatic nitrogens is 2. The molecule has 2 heterocycles. The molecule has 5 nitrogen and oxygen atoms in total. The van der Waals surface area contributed by atoms with Crippen LogP contribution in [0.25, 0.3) is 16.9 Å². The Hall–Kier alpha value is -3.99. The van der Waals surface area contributed by atoms with E-state index in [-0.39, 0.29) is 17.6 Å². The Morgan fingerprint density at radius 2 is 1.44 bits per heavy atom. The summed E-state index contributed by atoms with van der Waals surface area (Å²) >= 11 is 0. The summed E-state index contributed by atoms with van der Waals surface area (Å²) in [7, 11) is 0. The predicted molar refractivity (Wildman–Crippen MR) is 133 cm³/mol. The molecule has 1 amide bonds. The first-order valence-electron chi connectivity index (χ1n) is 11.7. The van der Waals surface area contributed by atoms with Gasteiger partial charge in [-0.2, -0.15) is 5.10 Å². The van der Waals surface area contributed by atoms with Gasteiger partial charge in [-0.05, 0) is 37.5 Å². The minimum absolute atomic E-state index is 0.0361. The lowest BCUT2D eigenvalue weighted by Crippen LogP contribution is -2.40. The first-order valence-corrected chi connectivity index (χ1v) is 11.7. The Morgan fingerprint density at radius 3 is 2.12 bits per heavy atom. The molecule has 1 fully saturated rings. The SMILES string of the molecule is Cc1ccccc1-c1nn(-c2ccccc2)cc1C(=O)N1CCC(C(=O)c2ccccc2)CC1. The van der Waals surface area contributed by atoms with Gasteiger partial charge < -0.3 is 4.90 Å². The number of para-hydroxylation sites is 1. The molecule has 1 aliphatic rings. The van der Waals surface area contributed by atoms with Crippen molar-refractivity contribution in [2.24, 2.45) is 5.92 Å². The lowest BCUT2D eigenvalue weighted by Gasteiger charge is -2.31. The van der Waals surface area contributed by atoms with Gasteiger partial charge in [-0.1, -0.05) is 72.8 Å². The maximum atomic E-state index is 13.7. The fraction of sp³-hybridized carbons (Fsp3) is 0.207. The molecule has 0 saturated carbocycles. The fourth-order valence-electron chi connectivity index (χ4n) is 4.63. The number of piperidine rings is 1. The van der Waals surface area contributed by atoms with Crippen LogP contribution in [0.1, 0.15) is 39.1 Å². The number of hydrogen-bond acceptors (Lipinski definition) is 3. The first-order chi connectivity index (χ1) is 16.6. The predicted octanol–water partition coefficient (Wildman–Crippen LogP) is 5.58. The topological polar surface area (TPSA) is 55.2 Å². The van der Waals surface area contributed by atoms with Crippen molar-refractivity contribution < 1.29 is 9.59 Å². The van der Waals surface area contributed by atoms with Crippen molar-refractivity contribution in [3.63, 3.8) is 0 Å². The van der Waals surface area contributed by atoms with E-state index in [1.54, 1.807) is 4.68 Å². The Bertz CT molecular complexity index is 1300. The summed E-state index contributed by atoms with van der Waals surface area (Å²) in [5.41, 5.74) is 4.96. The van der Waals surface area contributed by atoms with Gasteiger partial charge in [-0.15, -0.1) is 0 Å². The van der Waals surface area contributed by atoms with Crippen molar-refractivity contribution in [1.29, 1.82) is 0 Å². The van der Waals surface area contributed by atoms with Crippen molar-refractivity contribution in [3.8, 4) is 16.9 Å². The van der Waals surface area contributed by atoms with E-state index >= 15 is 0 Å². The second kappa shape index (κ2) is 9.48. The largest absolute Gasteiger partial charge is 0.338 e. The van der Waals surface area contributed by atoms with Crippen LogP contribution in [0.5, 0.6) is 0 Å². The Labute approximate surface area is 199 Å². The monoisotopic (exact) mass is 449 g/mol. The van der Waals surface area contributed by atoms with Crippen molar-refractivity contribution in [2.75, 3.05) is 13.1 Å². The molecular weight excluding hydrogens is 422 g/mol. The van der Waals surface area contributed by atoms with Crippen LogP contribution in [-0.4, -0.2) is 39.5 Å². The number of aryl methyl sites for hydroxylation is 1. The molecule has 34 heavy (non-hydrogen) atoms. The second-order valence-electron chi connectivity index (χ2n) is 8.78. The molecule has 0 unspecified atom stereocenters. The first kappa shape index (κ1) is 21.8. The van der Waals surface area contributed by atoms with Crippen LogP contribution >= 0.6 is 0 Å². The average Bonchev–Trinajstić information content (AvgIpc) is 3.34. The van der Waals surface area contributed by atoms with Crippen LogP contribution in [0.15, 0.2) is 91.1 Å². The third-order valence-electron chi connectivity index (χ3n) is 6.58. The summed E-state index contributed by atoms with van der Waals surface area (Å²) in [5.74, 6) is 0.0885. The number of benzene rings is 3. The second-order valence-corrected chi connectivity index (χ2v) is 8.78. The van der Waals surface area contributed by atoms with E-state index in [4.69, 9.17) is 5.10 Å². The zero-order valence-corrected chi connectivity index (χ0v) is 19.2. The van der Waals surface area contributed by atoms with Gasteiger partial charge in [0, 0.05) is 36.3 Å². The van der Waals surface area contributed by atoms with Crippen molar-refractivity contribution in [3.05, 3.63) is 108 Å². The summed E-state index contributed by atoms with van der Waals surface area (Å²) < 4.78 is 1.78. The molecule has 3 aromatic carbocycles. The molecule has 5 rings (SSSR count). The molecule has 0 aliphatic carbocycles. The maximum Gasteiger partial charge on any atom is 0.257 e. The number of hydrogen-bond donors (Lipinski definition) is 0. The van der Waals surface area contributed by atoms with Crippen LogP contribution < -0.4 is 0 Å². The van der Waals surface area contributed by atoms with Gasteiger partial charge in [-0.3, -0.25) is 9.59 Å². The molecule has 170 valence electrons. The highest BCUT2D eigenvalue weighted by atomic mass is 16.2. The molecule has 0 atom stereocenters. The van der Waals surface area contributed by atoms with Gasteiger partial charge in [-0.25, -0.2) is 4.68 Å². The van der Waals surface area contributed by atoms with Crippen LogP contribution in [0.4, 0.5) is 0 Å². The zero-order valence-electron chi connectivity index (χ0n) is 19.2. The summed E-state index contributed by atoms with van der Waals surface area (Å²) in [5, 5.41) is 4.83. The van der Waals surface area contributed by atoms with Crippen molar-refractivity contribution in [2.45, 2.75) is 19.8 Å². The van der Waals surface area contributed by atoms with Gasteiger partial charge in [0.25, 0.3) is 5.91 Å². The third kappa shape index (κ3) is 4.29. The van der Waals surface area contributed by atoms with E-state index in [9.17, 15) is 9.59 Å². The summed E-state index contributed by atoms with van der Waals surface area (Å²) in [4.78, 5) is 28.4. The van der Waals surface area contributed by atoms with Gasteiger partial charge >= 0.3 is 0 Å². The van der Waals surface area contributed by atoms with E-state index in [1.165, 1.54) is 0 Å². The zero-order chi connectivity index (χ0) is 23.5. The van der Waals surface area contributed by atoms with E-state index in [0.29, 0.717) is 37.2 Å². The van der Waals surface area contributed by atoms with Gasteiger partial charge in [0.1, 0.15) is 5.69 Å². The Balaban J connectivity index is 1.41. The standard InChI is InChI=1S/C29H27N3O2/c1-21-10-8-9-15-25(21)27-26(20-32(30-27)24-13-6-3-7-14-24)29(34)31-18-16-23(17-19-31)28(33)22-11-4-2-5-12-22/h2-15,20,23H,16-19H2,1H3. The Morgan fingerprint density at radius 1 is 0.824 bits per heavy atom. The highest BCUT2D eigenvalue weighted by molar-refractivity contribution is 6.01. The molecule has 0 N–H and O–H groups in total. The molecule has 1 saturated heterocycles. The lowest BCUT2D eigenvalue weighted by molar-refractivity contribution is 0.0651. The smallest absolute Gasteiger partial charge is 0.257 e. The molecule has 1 aliphatic heterocycles. The molecule has 1 aromatic heterocycles. The summed E-state index contributed by atoms with van der Waals surface area (Å²) in [6.07, 6.45) is 3.18. The van der Waals surface area contributed by atoms with Gasteiger partial charge in [0.05, 0.1) is 11.3 Å². The number of carbonyl (C=O) groups excluding carboxylic acids is 2. The van der Waals surface area contributed by atoms with Crippen LogP contribution in [-0.2, 0) is 0 Å². The minimum atomic E-state index is -0.0469. The van der Waals surface area contributed by atoms with E-state index < -0.39 is 0 Å². The van der Waals surface area contributed by atoms with E-state index in [0.717, 1.165) is 22.4 Å². The third-order valence-corrected chi connectivity index (χ3v) is 6.58. The molecule has 5 heteroatoms. The number of rotatable bonds is 5. The highest BCUT2D eigenvalue weighted by Gasteiger charge is 2.30. The Kier molecular flexibility index (Phi) is 6.09. The molecule has 4 aromatic rings. The summed E-state index contributed by atoms with van der Waals surface area (Å²) in [6, 6.07) is 27.3. The highest BCUT2D eigenvalue weighted by Crippen LogP contribution is 2.29. The number of ketones is 1. The minimum Gasteiger partial charge on any atom is -0.338 e. The van der Waals surface area contributed by atoms with Crippen LogP contribution in [0, 0.1) is 12.8 Å². The van der Waals surface area contributed by atoms with E-state index in [1.807, 2.05) is 103 Å². The number of amides is 1. The molecular formula is C29H27N3O2. The van der Waals surface area contributed by atoms with Crippen LogP contribution in [0.3, 0.4) is 0 Å². The number of carbonyl (C=O) groups is 2. The van der Waals surface area contributed by atoms with Crippen molar-refractivity contribution in [1.82, 2.24) is 14.7 Å². The summed E-state index contributed by atoms with van der Waals surface area (Å²) in [6.45, 7) is 3.16. The van der Waals surface area contributed by atoms with Crippen LogP contribution in [0.2, 0.25) is 0 Å². The normalized spacial score (nSPS) is 14.2. The quantitative estimate of drug-likeness (QED) is 0.374. The number of Topliss-reactive ketones (excluding diaryl/α,β-unsaturated/α-hetero) is 1. The van der Waals surface area contributed by atoms with Crippen molar-refractivity contribution >= 4 is 11.7 Å². The van der Waals surface area contributed by atoms with Gasteiger partial charge in [0.2, 0.25) is 0 Å². The number of nitrogens with zero attached hydrogens (tertiary/aromatic N) is 3. The number of likely N-dealkylation sites (tertiary alicyclic amines) is 1.